The number of rotatable bonds is 14. The van der Waals surface area contributed by atoms with E-state index in [0.29, 0.717) is 17.9 Å². The Morgan fingerprint density at radius 3 is 2.13 bits per heavy atom. The second-order valence-electron chi connectivity index (χ2n) is 9.14. The van der Waals surface area contributed by atoms with Crippen molar-refractivity contribution in [2.75, 3.05) is 6.61 Å². The topological polar surface area (TPSA) is 84.9 Å². The van der Waals surface area contributed by atoms with Crippen LogP contribution in [0.1, 0.15) is 65.3 Å². The largest absolute Gasteiger partial charge is 0.511 e. The van der Waals surface area contributed by atoms with Crippen molar-refractivity contribution in [2.45, 2.75) is 51.5 Å². The summed E-state index contributed by atoms with van der Waals surface area (Å²) in [5, 5.41) is 13.2. The van der Waals surface area contributed by atoms with E-state index in [2.05, 4.69) is 18.8 Å². The summed E-state index contributed by atoms with van der Waals surface area (Å²) in [6.07, 6.45) is 6.09. The Labute approximate surface area is 239 Å². The number of nitrogens with one attached hydrogen (secondary N) is 1. The van der Waals surface area contributed by atoms with Gasteiger partial charge in [0.2, 0.25) is 0 Å². The molecule has 1 unspecified atom stereocenters. The summed E-state index contributed by atoms with van der Waals surface area (Å²) in [5.41, 5.74) is 1.31. The predicted molar refractivity (Wildman–Crippen MR) is 155 cm³/mol. The van der Waals surface area contributed by atoms with Gasteiger partial charge in [0.1, 0.15) is 17.3 Å². The van der Waals surface area contributed by atoms with Crippen molar-refractivity contribution >= 4 is 35.1 Å². The molecule has 0 radical (unpaired) electrons. The number of amides is 1. The highest BCUT2D eigenvalue weighted by molar-refractivity contribution is 6.39. The van der Waals surface area contributed by atoms with Crippen LogP contribution in [-0.2, 0) is 6.42 Å². The lowest BCUT2D eigenvalue weighted by Crippen LogP contribution is -2.38. The molecule has 0 bridgehead atoms. The molecule has 8 heteroatoms. The van der Waals surface area contributed by atoms with Crippen molar-refractivity contribution in [2.24, 2.45) is 0 Å². The summed E-state index contributed by atoms with van der Waals surface area (Å²) in [7, 11) is 0. The second-order valence-corrected chi connectivity index (χ2v) is 9.95. The first kappa shape index (κ1) is 30.1. The van der Waals surface area contributed by atoms with Crippen LogP contribution in [0.2, 0.25) is 10.0 Å². The number of halogens is 2. The van der Waals surface area contributed by atoms with Gasteiger partial charge in [0.25, 0.3) is 5.91 Å². The summed E-state index contributed by atoms with van der Waals surface area (Å²) >= 11 is 12.2. The molecule has 2 N–H and O–H groups in total. The molecule has 1 amide bonds. The molecule has 1 atom stereocenters. The van der Waals surface area contributed by atoms with Crippen LogP contribution in [0, 0.1) is 0 Å². The van der Waals surface area contributed by atoms with E-state index in [0.717, 1.165) is 24.2 Å². The van der Waals surface area contributed by atoms with E-state index < -0.39 is 17.9 Å². The number of ether oxygens (including phenoxy) is 2. The molecule has 6 nitrogen and oxygen atoms in total. The third-order valence-corrected chi connectivity index (χ3v) is 6.71. The van der Waals surface area contributed by atoms with Gasteiger partial charge in [-0.05, 0) is 66.9 Å². The number of aliphatic hydroxyl groups excluding tert-OH is 1. The summed E-state index contributed by atoms with van der Waals surface area (Å²) in [5.74, 6) is -0.150. The Kier molecular flexibility index (Phi) is 11.7. The van der Waals surface area contributed by atoms with Gasteiger partial charge in [0.05, 0.1) is 33.8 Å². The molecule has 3 aromatic rings. The maximum Gasteiger partial charge on any atom is 0.343 e. The zero-order chi connectivity index (χ0) is 28.2. The van der Waals surface area contributed by atoms with Gasteiger partial charge < -0.3 is 19.9 Å². The number of benzene rings is 3. The Bertz CT molecular complexity index is 1240. The second kappa shape index (κ2) is 15.2. The first-order valence-corrected chi connectivity index (χ1v) is 13.7. The van der Waals surface area contributed by atoms with Gasteiger partial charge in [-0.2, -0.15) is 0 Å². The van der Waals surface area contributed by atoms with Gasteiger partial charge in [-0.3, -0.25) is 4.79 Å². The van der Waals surface area contributed by atoms with E-state index in [1.165, 1.54) is 19.3 Å². The molecule has 0 spiro atoms. The quantitative estimate of drug-likeness (QED) is 0.0889. The van der Waals surface area contributed by atoms with Crippen LogP contribution in [0.25, 0.3) is 0 Å². The van der Waals surface area contributed by atoms with E-state index in [4.69, 9.17) is 32.7 Å². The van der Waals surface area contributed by atoms with Crippen LogP contribution in [-0.4, -0.2) is 29.6 Å². The van der Waals surface area contributed by atoms with E-state index in [1.54, 1.807) is 66.7 Å². The number of esters is 1. The Morgan fingerprint density at radius 1 is 0.897 bits per heavy atom. The summed E-state index contributed by atoms with van der Waals surface area (Å²) in [6, 6.07) is 17.6. The standard InChI is InChI=1S/C31H33Cl2NO5/c1-3-4-5-6-7-19-38-24-17-13-23(14-18-24)31(37)39-25-15-11-22(12-16-25)20-28(21(2)35)34-30(36)29-26(32)9-8-10-27(29)33/h8-18,28,35H,2-7,19-20H2,1H3,(H,34,36). The zero-order valence-corrected chi connectivity index (χ0v) is 23.4. The minimum atomic E-state index is -0.782. The molecule has 206 valence electrons. The lowest BCUT2D eigenvalue weighted by molar-refractivity contribution is 0.0734. The molecular weight excluding hydrogens is 537 g/mol. The van der Waals surface area contributed by atoms with Crippen molar-refractivity contribution in [3.8, 4) is 11.5 Å². The van der Waals surface area contributed by atoms with Crippen LogP contribution in [0.5, 0.6) is 11.5 Å². The van der Waals surface area contributed by atoms with Crippen molar-refractivity contribution in [3.05, 3.63) is 106 Å². The molecule has 3 aromatic carbocycles. The van der Waals surface area contributed by atoms with Crippen molar-refractivity contribution < 1.29 is 24.2 Å². The number of unbranched alkanes of at least 4 members (excludes halogenated alkanes) is 4. The third kappa shape index (κ3) is 9.34. The van der Waals surface area contributed by atoms with Crippen LogP contribution >= 0.6 is 23.2 Å². The average molecular weight is 571 g/mol. The lowest BCUT2D eigenvalue weighted by Gasteiger charge is -2.19. The van der Waals surface area contributed by atoms with E-state index in [9.17, 15) is 14.7 Å². The predicted octanol–water partition coefficient (Wildman–Crippen LogP) is 7.97. The molecule has 0 saturated carbocycles. The molecule has 0 saturated heterocycles. The number of carbonyl (C=O) groups is 2. The molecule has 39 heavy (non-hydrogen) atoms. The normalized spacial score (nSPS) is 11.5. The SMILES string of the molecule is C=C(O)C(Cc1ccc(OC(=O)c2ccc(OCCCCCCC)cc2)cc1)NC(=O)c1c(Cl)cccc1Cl. The Morgan fingerprint density at radius 2 is 1.51 bits per heavy atom. The maximum absolute atomic E-state index is 12.7. The van der Waals surface area contributed by atoms with Gasteiger partial charge >= 0.3 is 5.97 Å². The van der Waals surface area contributed by atoms with Crippen LogP contribution in [0.3, 0.4) is 0 Å². The van der Waals surface area contributed by atoms with E-state index >= 15 is 0 Å². The first-order valence-electron chi connectivity index (χ1n) is 12.9. The smallest absolute Gasteiger partial charge is 0.343 e. The zero-order valence-electron chi connectivity index (χ0n) is 21.9. The minimum absolute atomic E-state index is 0.122. The van der Waals surface area contributed by atoms with Crippen molar-refractivity contribution in [1.29, 1.82) is 0 Å². The van der Waals surface area contributed by atoms with E-state index in [1.807, 2.05) is 0 Å². The molecular formula is C31H33Cl2NO5. The van der Waals surface area contributed by atoms with Crippen LogP contribution in [0.15, 0.2) is 79.1 Å². The molecule has 0 aromatic heterocycles. The van der Waals surface area contributed by atoms with Gasteiger partial charge in [-0.25, -0.2) is 4.79 Å². The number of hydrogen-bond acceptors (Lipinski definition) is 5. The molecule has 0 aliphatic carbocycles. The van der Waals surface area contributed by atoms with Crippen LogP contribution in [0.4, 0.5) is 0 Å². The van der Waals surface area contributed by atoms with Gasteiger partial charge in [0.15, 0.2) is 0 Å². The molecule has 0 aliphatic rings. The Balaban J connectivity index is 1.53. The highest BCUT2D eigenvalue weighted by atomic mass is 35.5. The molecule has 0 fully saturated rings. The maximum atomic E-state index is 12.7. The molecule has 3 rings (SSSR count). The molecule has 0 aliphatic heterocycles. The number of aliphatic hydroxyl groups is 1. The highest BCUT2D eigenvalue weighted by Gasteiger charge is 2.21. The summed E-state index contributed by atoms with van der Waals surface area (Å²) in [4.78, 5) is 25.3. The fourth-order valence-electron chi connectivity index (χ4n) is 3.88. The number of hydrogen-bond donors (Lipinski definition) is 2. The van der Waals surface area contributed by atoms with Gasteiger partial charge in [-0.15, -0.1) is 0 Å². The summed E-state index contributed by atoms with van der Waals surface area (Å²) < 4.78 is 11.2. The fraction of sp³-hybridized carbons (Fsp3) is 0.290. The Hall–Kier alpha value is -3.48. The number of carbonyl (C=O) groups excluding carboxylic acids is 2. The monoisotopic (exact) mass is 569 g/mol. The van der Waals surface area contributed by atoms with Gasteiger partial charge in [-0.1, -0.05) is 80.6 Å². The third-order valence-electron chi connectivity index (χ3n) is 6.08. The van der Waals surface area contributed by atoms with Crippen molar-refractivity contribution in [1.82, 2.24) is 5.32 Å². The van der Waals surface area contributed by atoms with Crippen LogP contribution < -0.4 is 14.8 Å². The van der Waals surface area contributed by atoms with Gasteiger partial charge in [0, 0.05) is 0 Å². The first-order chi connectivity index (χ1) is 18.8. The fourth-order valence-corrected chi connectivity index (χ4v) is 4.44. The van der Waals surface area contributed by atoms with E-state index in [-0.39, 0.29) is 27.8 Å². The minimum Gasteiger partial charge on any atom is -0.511 e. The lowest BCUT2D eigenvalue weighted by atomic mass is 10.0. The summed E-state index contributed by atoms with van der Waals surface area (Å²) in [6.45, 7) is 6.41. The molecule has 0 heterocycles. The average Bonchev–Trinajstić information content (AvgIpc) is 2.91. The van der Waals surface area contributed by atoms with Crippen molar-refractivity contribution in [3.63, 3.8) is 0 Å². The highest BCUT2D eigenvalue weighted by Crippen LogP contribution is 2.25.